The highest BCUT2D eigenvalue weighted by Gasteiger charge is 2.27. The Balaban J connectivity index is 2.25. The van der Waals surface area contributed by atoms with Crippen molar-refractivity contribution in [3.8, 4) is 5.75 Å². The number of ether oxygens (including phenoxy) is 1. The summed E-state index contributed by atoms with van der Waals surface area (Å²) in [5.41, 5.74) is 2.13. The van der Waals surface area contributed by atoms with E-state index < -0.39 is 0 Å². The lowest BCUT2D eigenvalue weighted by Crippen LogP contribution is -2.30. The fraction of sp³-hybridized carbons (Fsp3) is 0.562. The fourth-order valence-electron chi connectivity index (χ4n) is 2.25. The molecule has 1 heterocycles. The maximum absolute atomic E-state index is 6.15. The van der Waals surface area contributed by atoms with E-state index in [2.05, 4.69) is 26.1 Å². The Labute approximate surface area is 136 Å². The van der Waals surface area contributed by atoms with Crippen molar-refractivity contribution in [3.05, 3.63) is 22.7 Å². The van der Waals surface area contributed by atoms with E-state index in [4.69, 9.17) is 21.3 Å². The van der Waals surface area contributed by atoms with E-state index in [0.29, 0.717) is 11.1 Å². The number of halogens is 1. The fourth-order valence-corrected chi connectivity index (χ4v) is 3.32. The van der Waals surface area contributed by atoms with Crippen LogP contribution in [0.4, 0.5) is 5.69 Å². The molecule has 0 aromatic heterocycles. The summed E-state index contributed by atoms with van der Waals surface area (Å²) >= 11 is 7.90. The molecule has 1 aliphatic heterocycles. The molecule has 0 amide bonds. The Kier molecular flexibility index (Phi) is 5.10. The van der Waals surface area contributed by atoms with Crippen molar-refractivity contribution in [3.63, 3.8) is 0 Å². The first-order valence-corrected chi connectivity index (χ1v) is 8.49. The molecule has 5 heteroatoms. The Hall–Kier alpha value is -0.870. The molecule has 1 atom stereocenters. The summed E-state index contributed by atoms with van der Waals surface area (Å²) in [7, 11) is 1.65. The molecule has 2 rings (SSSR count). The van der Waals surface area contributed by atoms with Gasteiger partial charge in [0.2, 0.25) is 0 Å². The second-order valence-electron chi connectivity index (χ2n) is 6.38. The smallest absolute Gasteiger partial charge is 0.161 e. The molecule has 1 aromatic rings. The van der Waals surface area contributed by atoms with Gasteiger partial charge in [-0.15, -0.1) is 0 Å². The second-order valence-corrected chi connectivity index (χ2v) is 7.87. The zero-order chi connectivity index (χ0) is 15.6. The minimum absolute atomic E-state index is 0.188. The van der Waals surface area contributed by atoms with Gasteiger partial charge in [0.05, 0.1) is 18.8 Å². The van der Waals surface area contributed by atoms with Gasteiger partial charge in [-0.1, -0.05) is 44.1 Å². The van der Waals surface area contributed by atoms with Gasteiger partial charge in [-0.25, -0.2) is 0 Å². The van der Waals surface area contributed by atoms with Crippen LogP contribution in [0.5, 0.6) is 5.75 Å². The number of aliphatic imine (C=N–C) groups is 1. The third kappa shape index (κ3) is 4.07. The van der Waals surface area contributed by atoms with Crippen LogP contribution in [0.1, 0.15) is 32.8 Å². The summed E-state index contributed by atoms with van der Waals surface area (Å²) in [6, 6.07) is 4.19. The number of aryl methyl sites for hydroxylation is 1. The number of methoxy groups -OCH3 is 1. The molecule has 1 aliphatic rings. The van der Waals surface area contributed by atoms with Crippen molar-refractivity contribution in [2.24, 2.45) is 10.4 Å². The Morgan fingerprint density at radius 1 is 1.38 bits per heavy atom. The van der Waals surface area contributed by atoms with Crippen LogP contribution in [0.15, 0.2) is 17.1 Å². The van der Waals surface area contributed by atoms with Crippen molar-refractivity contribution in [2.75, 3.05) is 18.2 Å². The summed E-state index contributed by atoms with van der Waals surface area (Å²) in [4.78, 5) is 4.86. The maximum Gasteiger partial charge on any atom is 0.161 e. The highest BCUT2D eigenvalue weighted by Crippen LogP contribution is 2.34. The lowest BCUT2D eigenvalue weighted by atomic mass is 9.85. The topological polar surface area (TPSA) is 33.6 Å². The van der Waals surface area contributed by atoms with Crippen LogP contribution < -0.4 is 10.1 Å². The average Bonchev–Trinajstić information content (AvgIpc) is 2.42. The molecule has 0 saturated heterocycles. The van der Waals surface area contributed by atoms with Gasteiger partial charge < -0.3 is 10.1 Å². The molecule has 3 nitrogen and oxygen atoms in total. The predicted molar refractivity (Wildman–Crippen MR) is 94.1 cm³/mol. The first kappa shape index (κ1) is 16.5. The molecular weight excluding hydrogens is 304 g/mol. The van der Waals surface area contributed by atoms with Crippen molar-refractivity contribution >= 4 is 34.2 Å². The highest BCUT2D eigenvalue weighted by molar-refractivity contribution is 8.14. The van der Waals surface area contributed by atoms with Crippen LogP contribution in [0.25, 0.3) is 0 Å². The highest BCUT2D eigenvalue weighted by atomic mass is 35.5. The predicted octanol–water partition coefficient (Wildman–Crippen LogP) is 4.98. The SMILES string of the molecule is COc1cc(Cl)c(C)cc1NC1=NC(C(C)(C)C)CCS1. The first-order chi connectivity index (χ1) is 9.81. The van der Waals surface area contributed by atoms with Gasteiger partial charge in [-0.3, -0.25) is 4.99 Å². The Morgan fingerprint density at radius 2 is 2.10 bits per heavy atom. The van der Waals surface area contributed by atoms with Gasteiger partial charge in [0, 0.05) is 16.8 Å². The molecule has 0 saturated carbocycles. The van der Waals surface area contributed by atoms with E-state index in [9.17, 15) is 0 Å². The lowest BCUT2D eigenvalue weighted by molar-refractivity contribution is 0.316. The third-order valence-corrected chi connectivity index (χ3v) is 4.95. The number of rotatable bonds is 2. The van der Waals surface area contributed by atoms with E-state index in [1.54, 1.807) is 18.9 Å². The second kappa shape index (κ2) is 6.49. The van der Waals surface area contributed by atoms with Crippen molar-refractivity contribution in [1.29, 1.82) is 0 Å². The number of hydrogen-bond acceptors (Lipinski definition) is 4. The summed E-state index contributed by atoms with van der Waals surface area (Å²) in [5, 5.41) is 5.07. The number of benzene rings is 1. The van der Waals surface area contributed by atoms with Crippen LogP contribution in [0.3, 0.4) is 0 Å². The van der Waals surface area contributed by atoms with Gasteiger partial charge in [0.1, 0.15) is 5.75 Å². The quantitative estimate of drug-likeness (QED) is 0.832. The minimum Gasteiger partial charge on any atom is -0.495 e. The Bertz CT molecular complexity index is 552. The van der Waals surface area contributed by atoms with E-state index >= 15 is 0 Å². The summed E-state index contributed by atoms with van der Waals surface area (Å²) in [6.45, 7) is 8.70. The normalized spacial score (nSPS) is 19.1. The average molecular weight is 327 g/mol. The molecule has 1 aromatic carbocycles. The number of thioether (sulfide) groups is 1. The van der Waals surface area contributed by atoms with Gasteiger partial charge in [-0.05, 0) is 30.4 Å². The van der Waals surface area contributed by atoms with E-state index in [1.807, 2.05) is 19.1 Å². The summed E-state index contributed by atoms with van der Waals surface area (Å²) < 4.78 is 5.41. The molecular formula is C16H23ClN2OS. The van der Waals surface area contributed by atoms with Crippen LogP contribution in [0.2, 0.25) is 5.02 Å². The summed E-state index contributed by atoms with van der Waals surface area (Å²) in [5.74, 6) is 1.83. The van der Waals surface area contributed by atoms with Gasteiger partial charge in [0.25, 0.3) is 0 Å². The monoisotopic (exact) mass is 326 g/mol. The maximum atomic E-state index is 6.15. The molecule has 116 valence electrons. The van der Waals surface area contributed by atoms with E-state index in [0.717, 1.165) is 34.3 Å². The standard InChI is InChI=1S/C16H23ClN2OS/c1-10-8-12(13(20-5)9-11(10)17)18-15-19-14(6-7-21-15)16(2,3)4/h8-9,14H,6-7H2,1-5H3,(H,18,19). The third-order valence-electron chi connectivity index (χ3n) is 3.63. The Morgan fingerprint density at radius 3 is 2.71 bits per heavy atom. The lowest BCUT2D eigenvalue weighted by Gasteiger charge is -2.31. The van der Waals surface area contributed by atoms with Crippen LogP contribution in [0, 0.1) is 12.3 Å². The molecule has 21 heavy (non-hydrogen) atoms. The molecule has 1 unspecified atom stereocenters. The number of nitrogens with one attached hydrogen (secondary N) is 1. The summed E-state index contributed by atoms with van der Waals surface area (Å²) in [6.07, 6.45) is 1.12. The number of nitrogens with zero attached hydrogens (tertiary/aromatic N) is 1. The van der Waals surface area contributed by atoms with E-state index in [1.165, 1.54) is 0 Å². The van der Waals surface area contributed by atoms with E-state index in [-0.39, 0.29) is 5.41 Å². The van der Waals surface area contributed by atoms with Crippen molar-refractivity contribution in [1.82, 2.24) is 0 Å². The van der Waals surface area contributed by atoms with Gasteiger partial charge in [0.15, 0.2) is 5.17 Å². The van der Waals surface area contributed by atoms with Crippen molar-refractivity contribution in [2.45, 2.75) is 40.2 Å². The molecule has 1 N–H and O–H groups in total. The molecule has 0 aliphatic carbocycles. The zero-order valence-corrected chi connectivity index (χ0v) is 14.9. The van der Waals surface area contributed by atoms with Crippen LogP contribution in [-0.2, 0) is 0 Å². The molecule has 0 fully saturated rings. The number of hydrogen-bond donors (Lipinski definition) is 1. The minimum atomic E-state index is 0.188. The van der Waals surface area contributed by atoms with Crippen LogP contribution in [-0.4, -0.2) is 24.1 Å². The molecule has 0 spiro atoms. The van der Waals surface area contributed by atoms with Crippen LogP contribution >= 0.6 is 23.4 Å². The molecule has 0 radical (unpaired) electrons. The zero-order valence-electron chi connectivity index (χ0n) is 13.3. The largest absolute Gasteiger partial charge is 0.495 e. The van der Waals surface area contributed by atoms with Gasteiger partial charge in [-0.2, -0.15) is 0 Å². The number of amidine groups is 1. The molecule has 0 bridgehead atoms. The first-order valence-electron chi connectivity index (χ1n) is 7.13. The van der Waals surface area contributed by atoms with Crippen molar-refractivity contribution < 1.29 is 4.74 Å². The number of anilines is 1. The van der Waals surface area contributed by atoms with Gasteiger partial charge >= 0.3 is 0 Å².